The Kier molecular flexibility index (Phi) is 2.92. The molecule has 2 heteroatoms. The van der Waals surface area contributed by atoms with Gasteiger partial charge in [-0.2, -0.15) is 0 Å². The fourth-order valence-corrected chi connectivity index (χ4v) is 8.55. The third-order valence-corrected chi connectivity index (χ3v) is 9.34. The van der Waals surface area contributed by atoms with Crippen molar-refractivity contribution in [1.82, 2.24) is 0 Å². The van der Waals surface area contributed by atoms with E-state index in [1.54, 1.807) is 5.56 Å². The van der Waals surface area contributed by atoms with Crippen molar-refractivity contribution in [3.8, 4) is 11.1 Å². The van der Waals surface area contributed by atoms with Gasteiger partial charge in [-0.05, 0) is 108 Å². The van der Waals surface area contributed by atoms with Gasteiger partial charge in [0.25, 0.3) is 0 Å². The molecule has 1 spiro atoms. The molecule has 0 unspecified atom stereocenters. The molecule has 4 saturated carbocycles. The zero-order valence-corrected chi connectivity index (χ0v) is 17.6. The van der Waals surface area contributed by atoms with Crippen LogP contribution in [0.4, 0.5) is 0 Å². The van der Waals surface area contributed by atoms with Crippen molar-refractivity contribution in [1.29, 1.82) is 0 Å². The monoisotopic (exact) mass is 410 g/mol. The van der Waals surface area contributed by atoms with Crippen molar-refractivity contribution in [2.75, 3.05) is 0 Å². The van der Waals surface area contributed by atoms with Gasteiger partial charge in [0.05, 0.1) is 0 Å². The van der Waals surface area contributed by atoms with E-state index in [4.69, 9.17) is 16.0 Å². The van der Waals surface area contributed by atoms with Crippen molar-refractivity contribution in [3.05, 3.63) is 70.7 Å². The molecular formula is C28H23ClO. The summed E-state index contributed by atoms with van der Waals surface area (Å²) >= 11 is 6.61. The minimum absolute atomic E-state index is 0.148. The molecule has 1 heterocycles. The Bertz CT molecular complexity index is 1350. The molecule has 3 aromatic carbocycles. The summed E-state index contributed by atoms with van der Waals surface area (Å²) in [5.41, 5.74) is 8.01. The number of halogens is 1. The molecule has 0 radical (unpaired) electrons. The summed E-state index contributed by atoms with van der Waals surface area (Å²) < 4.78 is 6.28. The van der Waals surface area contributed by atoms with Crippen LogP contribution in [-0.4, -0.2) is 0 Å². The van der Waals surface area contributed by atoms with E-state index >= 15 is 0 Å². The van der Waals surface area contributed by atoms with Crippen LogP contribution in [-0.2, 0) is 5.41 Å². The molecule has 5 aliphatic carbocycles. The average molecular weight is 411 g/mol. The summed E-state index contributed by atoms with van der Waals surface area (Å²) in [5.74, 6) is 3.40. The highest BCUT2D eigenvalue weighted by Crippen LogP contribution is 2.69. The molecule has 0 aliphatic heterocycles. The van der Waals surface area contributed by atoms with Crippen LogP contribution in [0.2, 0.25) is 5.02 Å². The molecule has 0 saturated heterocycles. The summed E-state index contributed by atoms with van der Waals surface area (Å²) in [4.78, 5) is 0. The molecular weight excluding hydrogens is 388 g/mol. The first kappa shape index (κ1) is 16.4. The minimum atomic E-state index is 0.148. The maximum Gasteiger partial charge on any atom is 0.136 e. The van der Waals surface area contributed by atoms with Crippen LogP contribution in [0.25, 0.3) is 33.1 Å². The van der Waals surface area contributed by atoms with Crippen LogP contribution < -0.4 is 0 Å². The highest BCUT2D eigenvalue weighted by Gasteiger charge is 2.61. The topological polar surface area (TPSA) is 13.1 Å². The Morgan fingerprint density at radius 3 is 2.23 bits per heavy atom. The fourth-order valence-electron chi connectivity index (χ4n) is 8.38. The summed E-state index contributed by atoms with van der Waals surface area (Å²) in [6.45, 7) is 0. The van der Waals surface area contributed by atoms with E-state index in [2.05, 4.69) is 54.6 Å². The SMILES string of the molecule is Clc1ccc2c(c1)C1(c3cc4c(cc3-2)oc2ccccc24)C2CC3CC(C2)CC1C3. The van der Waals surface area contributed by atoms with E-state index in [0.29, 0.717) is 0 Å². The van der Waals surface area contributed by atoms with E-state index in [1.807, 2.05) is 0 Å². The van der Waals surface area contributed by atoms with E-state index in [9.17, 15) is 0 Å². The molecule has 0 amide bonds. The number of benzene rings is 3. The molecule has 0 N–H and O–H groups in total. The lowest BCUT2D eigenvalue weighted by molar-refractivity contribution is -0.0398. The van der Waals surface area contributed by atoms with Crippen LogP contribution in [0.3, 0.4) is 0 Å². The molecule has 4 aromatic rings. The van der Waals surface area contributed by atoms with E-state index in [0.717, 1.165) is 39.9 Å². The third kappa shape index (κ3) is 1.79. The van der Waals surface area contributed by atoms with Crippen LogP contribution in [0.1, 0.15) is 43.2 Å². The summed E-state index contributed by atoms with van der Waals surface area (Å²) in [5, 5.41) is 3.39. The van der Waals surface area contributed by atoms with Gasteiger partial charge in [0.15, 0.2) is 0 Å². The quantitative estimate of drug-likeness (QED) is 0.286. The number of furan rings is 1. The maximum atomic E-state index is 6.61. The predicted octanol–water partition coefficient (Wildman–Crippen LogP) is 7.96. The molecule has 5 aliphatic rings. The van der Waals surface area contributed by atoms with Crippen molar-refractivity contribution >= 4 is 33.5 Å². The zero-order chi connectivity index (χ0) is 19.6. The standard InChI is InChI=1S/C28H23ClO/c29-19-5-6-20-22-14-27-23(21-3-1-2-4-26(21)30-27)13-25(22)28(24(20)12-19)17-8-15-7-16(10-17)11-18(28)9-15/h1-6,12-18H,7-11H2. The van der Waals surface area contributed by atoms with Crippen LogP contribution in [0, 0.1) is 23.7 Å². The molecule has 0 atom stereocenters. The first-order chi connectivity index (χ1) is 14.7. The van der Waals surface area contributed by atoms with Gasteiger partial charge in [-0.3, -0.25) is 0 Å². The average Bonchev–Trinajstić information content (AvgIpc) is 3.23. The van der Waals surface area contributed by atoms with Crippen LogP contribution in [0.15, 0.2) is 59.0 Å². The van der Waals surface area contributed by atoms with Gasteiger partial charge in [0.2, 0.25) is 0 Å². The largest absolute Gasteiger partial charge is 0.456 e. The fraction of sp³-hybridized carbons (Fsp3) is 0.357. The number of fused-ring (bicyclic) bond motifs is 6. The maximum absolute atomic E-state index is 6.61. The Morgan fingerprint density at radius 2 is 1.43 bits per heavy atom. The van der Waals surface area contributed by atoms with E-state index < -0.39 is 0 Å². The van der Waals surface area contributed by atoms with Crippen LogP contribution >= 0.6 is 11.6 Å². The molecule has 1 nitrogen and oxygen atoms in total. The van der Waals surface area contributed by atoms with Gasteiger partial charge in [-0.15, -0.1) is 0 Å². The van der Waals surface area contributed by atoms with Gasteiger partial charge >= 0.3 is 0 Å². The highest BCUT2D eigenvalue weighted by atomic mass is 35.5. The lowest BCUT2D eigenvalue weighted by atomic mass is 9.43. The van der Waals surface area contributed by atoms with Gasteiger partial charge in [0.1, 0.15) is 11.2 Å². The molecule has 9 rings (SSSR count). The van der Waals surface area contributed by atoms with Crippen molar-refractivity contribution in [2.24, 2.45) is 23.7 Å². The van der Waals surface area contributed by atoms with Gasteiger partial charge in [-0.1, -0.05) is 35.9 Å². The smallest absolute Gasteiger partial charge is 0.136 e. The highest BCUT2D eigenvalue weighted by molar-refractivity contribution is 6.30. The molecule has 4 bridgehead atoms. The minimum Gasteiger partial charge on any atom is -0.456 e. The molecule has 1 aromatic heterocycles. The predicted molar refractivity (Wildman–Crippen MR) is 122 cm³/mol. The summed E-state index contributed by atoms with van der Waals surface area (Å²) in [7, 11) is 0. The van der Waals surface area contributed by atoms with E-state index in [-0.39, 0.29) is 5.41 Å². The number of hydrogen-bond acceptors (Lipinski definition) is 1. The number of rotatable bonds is 0. The van der Waals surface area contributed by atoms with Crippen molar-refractivity contribution in [2.45, 2.75) is 37.5 Å². The molecule has 30 heavy (non-hydrogen) atoms. The summed E-state index contributed by atoms with van der Waals surface area (Å²) in [6, 6.07) is 20.0. The molecule has 148 valence electrons. The Hall–Kier alpha value is -2.25. The number of hydrogen-bond donors (Lipinski definition) is 0. The lowest BCUT2D eigenvalue weighted by Gasteiger charge is -2.61. The Balaban J connectivity index is 1.50. The van der Waals surface area contributed by atoms with Gasteiger partial charge < -0.3 is 4.42 Å². The first-order valence-corrected chi connectivity index (χ1v) is 11.9. The molecule has 4 fully saturated rings. The van der Waals surface area contributed by atoms with Gasteiger partial charge in [0, 0.05) is 21.2 Å². The zero-order valence-electron chi connectivity index (χ0n) is 16.8. The Labute approximate surface area is 181 Å². The number of para-hydroxylation sites is 1. The third-order valence-electron chi connectivity index (χ3n) is 9.11. The summed E-state index contributed by atoms with van der Waals surface area (Å²) in [6.07, 6.45) is 7.04. The lowest BCUT2D eigenvalue weighted by Crippen LogP contribution is -2.55. The van der Waals surface area contributed by atoms with Crippen molar-refractivity contribution in [3.63, 3.8) is 0 Å². The first-order valence-electron chi connectivity index (χ1n) is 11.5. The Morgan fingerprint density at radius 1 is 0.700 bits per heavy atom. The van der Waals surface area contributed by atoms with Crippen molar-refractivity contribution < 1.29 is 4.42 Å². The van der Waals surface area contributed by atoms with Gasteiger partial charge in [-0.25, -0.2) is 0 Å². The normalized spacial score (nSPS) is 33.0. The second-order valence-electron chi connectivity index (χ2n) is 10.4. The van der Waals surface area contributed by atoms with E-state index in [1.165, 1.54) is 59.6 Å². The second kappa shape index (κ2) is 5.32. The second-order valence-corrected chi connectivity index (χ2v) is 10.8. The van der Waals surface area contributed by atoms with Crippen LogP contribution in [0.5, 0.6) is 0 Å².